The summed E-state index contributed by atoms with van der Waals surface area (Å²) in [6.07, 6.45) is 0. The van der Waals surface area contributed by atoms with E-state index in [-0.39, 0.29) is 5.82 Å². The van der Waals surface area contributed by atoms with Crippen molar-refractivity contribution in [2.24, 2.45) is 5.73 Å². The largest absolute Gasteiger partial charge is 0.459 e. The number of fused-ring (bicyclic) bond motifs is 1. The zero-order chi connectivity index (χ0) is 9.42. The number of hydrogen-bond acceptors (Lipinski definition) is 2. The van der Waals surface area contributed by atoms with Gasteiger partial charge in [0, 0.05) is 5.39 Å². The van der Waals surface area contributed by atoms with Crippen LogP contribution in [0.15, 0.2) is 22.6 Å². The van der Waals surface area contributed by atoms with Gasteiger partial charge in [-0.05, 0) is 30.7 Å². The van der Waals surface area contributed by atoms with Crippen LogP contribution in [0.3, 0.4) is 0 Å². The Kier molecular flexibility index (Phi) is 1.81. The van der Waals surface area contributed by atoms with Gasteiger partial charge in [0.2, 0.25) is 0 Å². The summed E-state index contributed by atoms with van der Waals surface area (Å²) in [6.45, 7) is 2.23. The molecule has 1 aromatic heterocycles. The predicted molar refractivity (Wildman–Crippen MR) is 48.8 cm³/mol. The van der Waals surface area contributed by atoms with Gasteiger partial charge in [0.25, 0.3) is 0 Å². The normalized spacial score (nSPS) is 11.0. The van der Waals surface area contributed by atoms with Crippen molar-refractivity contribution in [3.63, 3.8) is 0 Å². The molecule has 1 heterocycles. The van der Waals surface area contributed by atoms with E-state index in [1.807, 2.05) is 6.92 Å². The van der Waals surface area contributed by atoms with Crippen molar-refractivity contribution in [3.05, 3.63) is 35.3 Å². The number of rotatable bonds is 1. The summed E-state index contributed by atoms with van der Waals surface area (Å²) in [5, 5.41) is 0.806. The molecule has 1 aromatic carbocycles. The zero-order valence-electron chi connectivity index (χ0n) is 7.30. The molecule has 0 aliphatic heterocycles. The number of halogens is 1. The molecule has 0 radical (unpaired) electrons. The first-order valence-electron chi connectivity index (χ1n) is 4.10. The molecule has 68 valence electrons. The van der Waals surface area contributed by atoms with Gasteiger partial charge in [-0.2, -0.15) is 0 Å². The molecule has 0 saturated carbocycles. The van der Waals surface area contributed by atoms with Gasteiger partial charge in [-0.25, -0.2) is 4.39 Å². The van der Waals surface area contributed by atoms with Gasteiger partial charge in [-0.15, -0.1) is 0 Å². The molecule has 0 fully saturated rings. The molecule has 0 aliphatic rings. The van der Waals surface area contributed by atoms with E-state index in [9.17, 15) is 4.39 Å². The third-order valence-corrected chi connectivity index (χ3v) is 2.18. The summed E-state index contributed by atoms with van der Waals surface area (Å²) in [4.78, 5) is 0. The maximum absolute atomic E-state index is 12.9. The SMILES string of the molecule is Cc1c(CN)oc2ccc(F)cc12. The molecule has 0 amide bonds. The minimum Gasteiger partial charge on any atom is -0.459 e. The highest BCUT2D eigenvalue weighted by molar-refractivity contribution is 5.81. The number of aryl methyl sites for hydroxylation is 1. The summed E-state index contributed by atoms with van der Waals surface area (Å²) < 4.78 is 18.3. The first kappa shape index (κ1) is 8.26. The monoisotopic (exact) mass is 179 g/mol. The number of hydrogen-bond donors (Lipinski definition) is 1. The molecular formula is C10H10FNO. The van der Waals surface area contributed by atoms with Crippen LogP contribution in [0, 0.1) is 12.7 Å². The lowest BCUT2D eigenvalue weighted by atomic mass is 10.1. The molecule has 0 saturated heterocycles. The smallest absolute Gasteiger partial charge is 0.134 e. The average molecular weight is 179 g/mol. The highest BCUT2D eigenvalue weighted by atomic mass is 19.1. The van der Waals surface area contributed by atoms with Gasteiger partial charge < -0.3 is 10.2 Å². The highest BCUT2D eigenvalue weighted by Gasteiger charge is 2.08. The molecule has 13 heavy (non-hydrogen) atoms. The molecule has 0 unspecified atom stereocenters. The van der Waals surface area contributed by atoms with Crippen molar-refractivity contribution >= 4 is 11.0 Å². The van der Waals surface area contributed by atoms with E-state index in [1.54, 1.807) is 6.07 Å². The number of nitrogens with two attached hydrogens (primary N) is 1. The fraction of sp³-hybridized carbons (Fsp3) is 0.200. The molecule has 2 rings (SSSR count). The minimum atomic E-state index is -0.250. The van der Waals surface area contributed by atoms with Crippen LogP contribution in [0.25, 0.3) is 11.0 Å². The van der Waals surface area contributed by atoms with Gasteiger partial charge in [-0.3, -0.25) is 0 Å². The van der Waals surface area contributed by atoms with E-state index >= 15 is 0 Å². The molecule has 3 heteroatoms. The predicted octanol–water partition coefficient (Wildman–Crippen LogP) is 2.34. The van der Waals surface area contributed by atoms with Crippen LogP contribution >= 0.6 is 0 Å². The van der Waals surface area contributed by atoms with Crippen LogP contribution in [0.5, 0.6) is 0 Å². The summed E-state index contributed by atoms with van der Waals surface area (Å²) in [7, 11) is 0. The van der Waals surface area contributed by atoms with Crippen LogP contribution in [0.2, 0.25) is 0 Å². The second-order valence-electron chi connectivity index (χ2n) is 2.99. The van der Waals surface area contributed by atoms with Crippen molar-refractivity contribution in [1.82, 2.24) is 0 Å². The van der Waals surface area contributed by atoms with E-state index in [0.29, 0.717) is 12.1 Å². The van der Waals surface area contributed by atoms with Crippen molar-refractivity contribution in [1.29, 1.82) is 0 Å². The molecule has 2 N–H and O–H groups in total. The number of benzene rings is 1. The highest BCUT2D eigenvalue weighted by Crippen LogP contribution is 2.25. The van der Waals surface area contributed by atoms with Crippen LogP contribution in [0.4, 0.5) is 4.39 Å². The Labute approximate surface area is 75.1 Å². The van der Waals surface area contributed by atoms with Crippen molar-refractivity contribution in [3.8, 4) is 0 Å². The standard InChI is InChI=1S/C10H10FNO/c1-6-8-4-7(11)2-3-9(8)13-10(6)5-12/h2-4H,5,12H2,1H3. The second-order valence-corrected chi connectivity index (χ2v) is 2.99. The quantitative estimate of drug-likeness (QED) is 0.729. The lowest BCUT2D eigenvalue weighted by molar-refractivity contribution is 0.548. The summed E-state index contributed by atoms with van der Waals surface area (Å²) in [5.74, 6) is 0.473. The first-order valence-corrected chi connectivity index (χ1v) is 4.10. The Morgan fingerprint density at radius 1 is 1.46 bits per heavy atom. The Hall–Kier alpha value is -1.35. The fourth-order valence-electron chi connectivity index (χ4n) is 1.44. The molecule has 0 bridgehead atoms. The minimum absolute atomic E-state index is 0.250. The van der Waals surface area contributed by atoms with Gasteiger partial charge >= 0.3 is 0 Å². The Morgan fingerprint density at radius 3 is 2.92 bits per heavy atom. The maximum Gasteiger partial charge on any atom is 0.134 e. The van der Waals surface area contributed by atoms with Crippen molar-refractivity contribution in [2.45, 2.75) is 13.5 Å². The summed E-state index contributed by atoms with van der Waals surface area (Å²) in [6, 6.07) is 4.47. The Morgan fingerprint density at radius 2 is 2.23 bits per heavy atom. The van der Waals surface area contributed by atoms with Crippen LogP contribution in [0.1, 0.15) is 11.3 Å². The van der Waals surface area contributed by atoms with Gasteiger partial charge in [0.1, 0.15) is 17.2 Å². The molecule has 0 atom stereocenters. The van der Waals surface area contributed by atoms with Crippen LogP contribution < -0.4 is 5.73 Å². The molecule has 2 nitrogen and oxygen atoms in total. The van der Waals surface area contributed by atoms with Gasteiger partial charge in [0.05, 0.1) is 6.54 Å². The first-order chi connectivity index (χ1) is 6.22. The maximum atomic E-state index is 12.9. The fourth-order valence-corrected chi connectivity index (χ4v) is 1.44. The van der Waals surface area contributed by atoms with Crippen LogP contribution in [-0.2, 0) is 6.54 Å². The van der Waals surface area contributed by atoms with Gasteiger partial charge in [-0.1, -0.05) is 0 Å². The van der Waals surface area contributed by atoms with E-state index in [1.165, 1.54) is 12.1 Å². The van der Waals surface area contributed by atoms with E-state index in [4.69, 9.17) is 10.2 Å². The topological polar surface area (TPSA) is 39.2 Å². The third-order valence-electron chi connectivity index (χ3n) is 2.18. The summed E-state index contributed by atoms with van der Waals surface area (Å²) >= 11 is 0. The summed E-state index contributed by atoms with van der Waals surface area (Å²) in [5.41, 5.74) is 7.09. The van der Waals surface area contributed by atoms with Crippen LogP contribution in [-0.4, -0.2) is 0 Å². The number of furan rings is 1. The van der Waals surface area contributed by atoms with E-state index < -0.39 is 0 Å². The van der Waals surface area contributed by atoms with Crippen molar-refractivity contribution < 1.29 is 8.81 Å². The van der Waals surface area contributed by atoms with Gasteiger partial charge in [0.15, 0.2) is 0 Å². The second kappa shape index (κ2) is 2.85. The Bertz CT molecular complexity index is 447. The zero-order valence-corrected chi connectivity index (χ0v) is 7.30. The van der Waals surface area contributed by atoms with E-state index in [2.05, 4.69) is 0 Å². The van der Waals surface area contributed by atoms with E-state index in [0.717, 1.165) is 16.7 Å². The van der Waals surface area contributed by atoms with Crippen molar-refractivity contribution in [2.75, 3.05) is 0 Å². The molecule has 0 aliphatic carbocycles. The molecular weight excluding hydrogens is 169 g/mol. The Balaban J connectivity index is 2.77. The molecule has 2 aromatic rings. The third kappa shape index (κ3) is 1.21. The average Bonchev–Trinajstić information content (AvgIpc) is 2.44. The lowest BCUT2D eigenvalue weighted by Gasteiger charge is -1.89. The lowest BCUT2D eigenvalue weighted by Crippen LogP contribution is -1.95. The molecule has 0 spiro atoms.